The van der Waals surface area contributed by atoms with Crippen molar-refractivity contribution in [3.8, 4) is 0 Å². The lowest BCUT2D eigenvalue weighted by molar-refractivity contribution is -0.124. The van der Waals surface area contributed by atoms with Crippen LogP contribution in [0.15, 0.2) is 30.3 Å². The lowest BCUT2D eigenvalue weighted by atomic mass is 9.86. The SMILES string of the molecule is C[C@H]1CCCC[C@H]1NC(=O)CN1CCN(CCc2ccccc2)CC1. The Morgan fingerprint density at radius 3 is 2.44 bits per heavy atom. The molecule has 1 aromatic rings. The minimum absolute atomic E-state index is 0.219. The number of piperazine rings is 1. The highest BCUT2D eigenvalue weighted by atomic mass is 16.2. The Morgan fingerprint density at radius 1 is 1.04 bits per heavy atom. The normalized spacial score (nSPS) is 25.6. The van der Waals surface area contributed by atoms with Gasteiger partial charge in [0, 0.05) is 38.8 Å². The first-order valence-corrected chi connectivity index (χ1v) is 9.99. The van der Waals surface area contributed by atoms with Crippen molar-refractivity contribution in [2.75, 3.05) is 39.3 Å². The van der Waals surface area contributed by atoms with Gasteiger partial charge in [-0.2, -0.15) is 0 Å². The molecule has 0 spiro atoms. The molecule has 1 saturated carbocycles. The highest BCUT2D eigenvalue weighted by Crippen LogP contribution is 2.23. The summed E-state index contributed by atoms with van der Waals surface area (Å²) in [6, 6.07) is 11.1. The van der Waals surface area contributed by atoms with E-state index in [-0.39, 0.29) is 5.91 Å². The number of carbonyl (C=O) groups is 1. The zero-order valence-electron chi connectivity index (χ0n) is 15.6. The summed E-state index contributed by atoms with van der Waals surface area (Å²) in [7, 11) is 0. The molecule has 3 rings (SSSR count). The van der Waals surface area contributed by atoms with Gasteiger partial charge in [-0.1, -0.05) is 50.1 Å². The predicted octanol–water partition coefficient (Wildman–Crippen LogP) is 2.54. The van der Waals surface area contributed by atoms with Crippen LogP contribution in [0.2, 0.25) is 0 Å². The van der Waals surface area contributed by atoms with Crippen molar-refractivity contribution >= 4 is 5.91 Å². The van der Waals surface area contributed by atoms with Gasteiger partial charge in [0.05, 0.1) is 6.54 Å². The highest BCUT2D eigenvalue weighted by molar-refractivity contribution is 5.78. The van der Waals surface area contributed by atoms with E-state index in [1.54, 1.807) is 0 Å². The number of amides is 1. The van der Waals surface area contributed by atoms with E-state index >= 15 is 0 Å². The Hall–Kier alpha value is -1.39. The number of nitrogens with zero attached hydrogens (tertiary/aromatic N) is 2. The zero-order chi connectivity index (χ0) is 17.5. The summed E-state index contributed by atoms with van der Waals surface area (Å²) >= 11 is 0. The number of hydrogen-bond donors (Lipinski definition) is 1. The number of carbonyl (C=O) groups excluding carboxylic acids is 1. The standard InChI is InChI=1S/C21H33N3O/c1-18-7-5-6-10-20(18)22-21(25)17-24-15-13-23(14-16-24)12-11-19-8-3-2-4-9-19/h2-4,8-9,18,20H,5-7,10-17H2,1H3,(H,22,25)/t18-,20+/m0/s1. The molecule has 1 aromatic carbocycles. The average molecular weight is 344 g/mol. The molecule has 25 heavy (non-hydrogen) atoms. The van der Waals surface area contributed by atoms with Gasteiger partial charge in [0.15, 0.2) is 0 Å². The summed E-state index contributed by atoms with van der Waals surface area (Å²) in [6.07, 6.45) is 6.10. The van der Waals surface area contributed by atoms with E-state index < -0.39 is 0 Å². The van der Waals surface area contributed by atoms with Crippen molar-refractivity contribution in [2.24, 2.45) is 5.92 Å². The largest absolute Gasteiger partial charge is 0.352 e. The summed E-state index contributed by atoms with van der Waals surface area (Å²) in [4.78, 5) is 17.2. The number of rotatable bonds is 6. The van der Waals surface area contributed by atoms with Crippen molar-refractivity contribution in [3.63, 3.8) is 0 Å². The molecule has 1 amide bonds. The van der Waals surface area contributed by atoms with Crippen molar-refractivity contribution in [2.45, 2.75) is 45.1 Å². The van der Waals surface area contributed by atoms with Crippen molar-refractivity contribution in [3.05, 3.63) is 35.9 Å². The van der Waals surface area contributed by atoms with Gasteiger partial charge in [-0.3, -0.25) is 9.69 Å². The van der Waals surface area contributed by atoms with E-state index in [1.807, 2.05) is 0 Å². The third-order valence-corrected chi connectivity index (χ3v) is 5.85. The fourth-order valence-corrected chi connectivity index (χ4v) is 4.09. The van der Waals surface area contributed by atoms with Gasteiger partial charge in [0.1, 0.15) is 0 Å². The van der Waals surface area contributed by atoms with Crippen molar-refractivity contribution in [1.29, 1.82) is 0 Å². The van der Waals surface area contributed by atoms with E-state index in [4.69, 9.17) is 0 Å². The molecule has 0 radical (unpaired) electrons. The maximum Gasteiger partial charge on any atom is 0.234 e. The maximum absolute atomic E-state index is 12.4. The summed E-state index contributed by atoms with van der Waals surface area (Å²) in [5.41, 5.74) is 1.41. The first-order valence-electron chi connectivity index (χ1n) is 9.99. The van der Waals surface area contributed by atoms with Gasteiger partial charge in [0.25, 0.3) is 0 Å². The van der Waals surface area contributed by atoms with Crippen LogP contribution in [0.25, 0.3) is 0 Å². The van der Waals surface area contributed by atoms with Crippen LogP contribution < -0.4 is 5.32 Å². The Morgan fingerprint density at radius 2 is 1.72 bits per heavy atom. The molecule has 1 aliphatic carbocycles. The van der Waals surface area contributed by atoms with Crippen LogP contribution in [0.4, 0.5) is 0 Å². The molecule has 4 nitrogen and oxygen atoms in total. The Balaban J connectivity index is 1.34. The van der Waals surface area contributed by atoms with Crippen molar-refractivity contribution in [1.82, 2.24) is 15.1 Å². The molecule has 4 heteroatoms. The Bertz CT molecular complexity index is 525. The van der Waals surface area contributed by atoms with E-state index in [0.717, 1.165) is 45.6 Å². The van der Waals surface area contributed by atoms with E-state index in [9.17, 15) is 4.79 Å². The van der Waals surface area contributed by atoms with Crippen molar-refractivity contribution < 1.29 is 4.79 Å². The number of hydrogen-bond acceptors (Lipinski definition) is 3. The quantitative estimate of drug-likeness (QED) is 0.862. The molecule has 2 atom stereocenters. The second-order valence-electron chi connectivity index (χ2n) is 7.79. The molecule has 0 bridgehead atoms. The van der Waals surface area contributed by atoms with Crippen LogP contribution >= 0.6 is 0 Å². The van der Waals surface area contributed by atoms with Gasteiger partial charge in [-0.05, 0) is 30.7 Å². The van der Waals surface area contributed by atoms with Crippen LogP contribution in [0.1, 0.15) is 38.2 Å². The van der Waals surface area contributed by atoms with Gasteiger partial charge < -0.3 is 10.2 Å². The fraction of sp³-hybridized carbons (Fsp3) is 0.667. The Labute approximate surface area is 152 Å². The third-order valence-electron chi connectivity index (χ3n) is 5.85. The second-order valence-corrected chi connectivity index (χ2v) is 7.79. The molecule has 1 heterocycles. The second kappa shape index (κ2) is 9.35. The summed E-state index contributed by atoms with van der Waals surface area (Å²) < 4.78 is 0. The van der Waals surface area contributed by atoms with E-state index in [0.29, 0.717) is 18.5 Å². The summed E-state index contributed by atoms with van der Waals surface area (Å²) in [6.45, 7) is 8.10. The van der Waals surface area contributed by atoms with Gasteiger partial charge >= 0.3 is 0 Å². The minimum Gasteiger partial charge on any atom is -0.352 e. The Kier molecular flexibility index (Phi) is 6.88. The molecule has 1 saturated heterocycles. The molecular formula is C21H33N3O. The molecule has 2 aliphatic rings. The fourth-order valence-electron chi connectivity index (χ4n) is 4.09. The van der Waals surface area contributed by atoms with E-state index in [2.05, 4.69) is 52.4 Å². The number of nitrogens with one attached hydrogen (secondary N) is 1. The smallest absolute Gasteiger partial charge is 0.234 e. The van der Waals surface area contributed by atoms with Gasteiger partial charge in [-0.25, -0.2) is 0 Å². The minimum atomic E-state index is 0.219. The lowest BCUT2D eigenvalue weighted by Gasteiger charge is -2.35. The molecule has 1 N–H and O–H groups in total. The van der Waals surface area contributed by atoms with Crippen LogP contribution in [-0.4, -0.2) is 61.0 Å². The van der Waals surface area contributed by atoms with Crippen LogP contribution in [0, 0.1) is 5.92 Å². The van der Waals surface area contributed by atoms with Crippen LogP contribution in [0.5, 0.6) is 0 Å². The topological polar surface area (TPSA) is 35.6 Å². The zero-order valence-corrected chi connectivity index (χ0v) is 15.6. The maximum atomic E-state index is 12.4. The first kappa shape index (κ1) is 18.4. The van der Waals surface area contributed by atoms with Gasteiger partial charge in [0.2, 0.25) is 5.91 Å². The van der Waals surface area contributed by atoms with Gasteiger partial charge in [-0.15, -0.1) is 0 Å². The molecule has 138 valence electrons. The molecular weight excluding hydrogens is 310 g/mol. The summed E-state index contributed by atoms with van der Waals surface area (Å²) in [5.74, 6) is 0.851. The first-order chi connectivity index (χ1) is 12.2. The molecule has 0 aromatic heterocycles. The third kappa shape index (κ3) is 5.82. The lowest BCUT2D eigenvalue weighted by Crippen LogP contribution is -2.51. The van der Waals surface area contributed by atoms with E-state index in [1.165, 1.54) is 24.8 Å². The molecule has 2 fully saturated rings. The van der Waals surface area contributed by atoms with Crippen LogP contribution in [0.3, 0.4) is 0 Å². The van der Waals surface area contributed by atoms with Crippen LogP contribution in [-0.2, 0) is 11.2 Å². The number of benzene rings is 1. The summed E-state index contributed by atoms with van der Waals surface area (Å²) in [5, 5.41) is 3.28. The molecule has 1 aliphatic heterocycles. The highest BCUT2D eigenvalue weighted by Gasteiger charge is 2.24. The molecule has 0 unspecified atom stereocenters. The average Bonchev–Trinajstić information content (AvgIpc) is 2.64. The predicted molar refractivity (Wildman–Crippen MR) is 103 cm³/mol. The monoisotopic (exact) mass is 343 g/mol.